The van der Waals surface area contributed by atoms with E-state index < -0.39 is 4.82 Å². The topological polar surface area (TPSA) is 55.8 Å². The molecule has 1 aromatic carbocycles. The molecule has 0 spiro atoms. The molecule has 0 saturated heterocycles. The summed E-state index contributed by atoms with van der Waals surface area (Å²) in [6.07, 6.45) is 0.0997. The number of rotatable bonds is 9. The maximum absolute atomic E-state index is 12.0. The van der Waals surface area contributed by atoms with E-state index >= 15 is 0 Å². The van der Waals surface area contributed by atoms with E-state index in [1.54, 1.807) is 13.8 Å². The van der Waals surface area contributed by atoms with Gasteiger partial charge in [-0.25, -0.2) is 0 Å². The summed E-state index contributed by atoms with van der Waals surface area (Å²) in [5, 5.41) is 0.781. The minimum atomic E-state index is -0.393. The van der Waals surface area contributed by atoms with E-state index in [1.807, 2.05) is 19.0 Å². The Kier molecular flexibility index (Phi) is 8.74. The Labute approximate surface area is 144 Å². The Bertz CT molecular complexity index is 502. The molecule has 0 aromatic heterocycles. The van der Waals surface area contributed by atoms with Gasteiger partial charge >= 0.3 is 144 Å². The Morgan fingerprint density at radius 1 is 1.09 bits per heavy atom. The van der Waals surface area contributed by atoms with Crippen molar-refractivity contribution in [2.24, 2.45) is 0 Å². The summed E-state index contributed by atoms with van der Waals surface area (Å²) < 4.78 is 10.0. The van der Waals surface area contributed by atoms with E-state index in [-0.39, 0.29) is 33.3 Å². The number of esters is 2. The van der Waals surface area contributed by atoms with Gasteiger partial charge in [-0.05, 0) is 0 Å². The van der Waals surface area contributed by atoms with Crippen LogP contribution in [-0.4, -0.2) is 54.2 Å². The van der Waals surface area contributed by atoms with Gasteiger partial charge in [0.15, 0.2) is 0 Å². The molecule has 128 valence electrons. The van der Waals surface area contributed by atoms with Crippen LogP contribution in [0.3, 0.4) is 0 Å². The normalized spacial score (nSPS) is 11.7. The summed E-state index contributed by atoms with van der Waals surface area (Å²) in [5.74, 6) is -0.638. The zero-order valence-corrected chi connectivity index (χ0v) is 15.9. The van der Waals surface area contributed by atoms with Crippen LogP contribution in [0.25, 0.3) is 0 Å². The molecule has 0 aliphatic carbocycles. The predicted molar refractivity (Wildman–Crippen MR) is 91.9 cm³/mol. The Morgan fingerprint density at radius 2 is 1.70 bits per heavy atom. The molecule has 0 radical (unpaired) electrons. The summed E-state index contributed by atoms with van der Waals surface area (Å²) in [5.41, 5.74) is 2.29. The van der Waals surface area contributed by atoms with E-state index in [2.05, 4.69) is 24.3 Å². The molecule has 0 fully saturated rings. The molecule has 0 saturated carbocycles. The molecule has 0 N–H and O–H groups in total. The predicted octanol–water partition coefficient (Wildman–Crippen LogP) is 2.26. The van der Waals surface area contributed by atoms with Crippen molar-refractivity contribution in [3.05, 3.63) is 29.8 Å². The van der Waals surface area contributed by atoms with Gasteiger partial charge in [0.05, 0.1) is 0 Å². The number of hydrogen-bond acceptors (Lipinski definition) is 5. The van der Waals surface area contributed by atoms with E-state index in [9.17, 15) is 9.59 Å². The SMILES string of the molecule is CCOC(=O)CC([Se]Cc1ccc(N(C)C)cc1)C(=O)OCC. The van der Waals surface area contributed by atoms with Gasteiger partial charge < -0.3 is 0 Å². The van der Waals surface area contributed by atoms with E-state index in [0.717, 1.165) is 16.6 Å². The van der Waals surface area contributed by atoms with Crippen molar-refractivity contribution in [3.63, 3.8) is 0 Å². The molecule has 0 aliphatic heterocycles. The molecular weight excluding hydrogens is 361 g/mol. The number of ether oxygens (including phenoxy) is 2. The Hall–Kier alpha value is -1.52. The molecule has 0 heterocycles. The van der Waals surface area contributed by atoms with Crippen molar-refractivity contribution in [1.29, 1.82) is 0 Å². The second-order valence-electron chi connectivity index (χ2n) is 5.12. The fourth-order valence-corrected chi connectivity index (χ4v) is 4.09. The van der Waals surface area contributed by atoms with Crippen molar-refractivity contribution >= 4 is 32.6 Å². The molecule has 23 heavy (non-hydrogen) atoms. The molecule has 0 aliphatic rings. The Balaban J connectivity index is 2.65. The fourth-order valence-electron chi connectivity index (χ4n) is 1.90. The summed E-state index contributed by atoms with van der Waals surface area (Å²) in [4.78, 5) is 25.3. The molecule has 0 bridgehead atoms. The summed E-state index contributed by atoms with van der Waals surface area (Å²) in [6.45, 7) is 4.18. The minimum absolute atomic E-state index is 0.0569. The first-order valence-corrected chi connectivity index (χ1v) is 9.88. The molecular formula is C17H25NO4Se. The standard InChI is InChI=1S/C17H25NO4Se/c1-5-21-16(19)11-15(17(20)22-6-2)23-12-13-7-9-14(10-8-13)18(3)4/h7-10,15H,5-6,11-12H2,1-4H3. The molecule has 1 aromatic rings. The number of anilines is 1. The van der Waals surface area contributed by atoms with Crippen LogP contribution in [0, 0.1) is 0 Å². The molecule has 0 amide bonds. The van der Waals surface area contributed by atoms with Crippen molar-refractivity contribution < 1.29 is 19.1 Å². The van der Waals surface area contributed by atoms with Gasteiger partial charge in [-0.15, -0.1) is 0 Å². The van der Waals surface area contributed by atoms with Gasteiger partial charge in [-0.2, -0.15) is 0 Å². The van der Waals surface area contributed by atoms with Crippen LogP contribution in [0.1, 0.15) is 25.8 Å². The third-order valence-corrected chi connectivity index (χ3v) is 5.76. The van der Waals surface area contributed by atoms with Crippen LogP contribution >= 0.6 is 0 Å². The molecule has 1 rings (SSSR count). The van der Waals surface area contributed by atoms with Crippen molar-refractivity contribution in [1.82, 2.24) is 0 Å². The number of hydrogen-bond donors (Lipinski definition) is 0. The van der Waals surface area contributed by atoms with Crippen molar-refractivity contribution in [2.45, 2.75) is 30.4 Å². The van der Waals surface area contributed by atoms with Gasteiger partial charge in [0.25, 0.3) is 0 Å². The van der Waals surface area contributed by atoms with Gasteiger partial charge in [-0.3, -0.25) is 0 Å². The first-order chi connectivity index (χ1) is 11.0. The fraction of sp³-hybridized carbons (Fsp3) is 0.529. The average molecular weight is 386 g/mol. The number of carbonyl (C=O) groups excluding carboxylic acids is 2. The number of benzene rings is 1. The second-order valence-corrected chi connectivity index (χ2v) is 7.62. The van der Waals surface area contributed by atoms with E-state index in [1.165, 1.54) is 0 Å². The van der Waals surface area contributed by atoms with Crippen LogP contribution in [0.15, 0.2) is 24.3 Å². The first kappa shape index (κ1) is 19.5. The second kappa shape index (κ2) is 10.3. The number of nitrogens with zero attached hydrogens (tertiary/aromatic N) is 1. The summed E-state index contributed by atoms with van der Waals surface area (Å²) in [7, 11) is 3.99. The van der Waals surface area contributed by atoms with Crippen molar-refractivity contribution in [3.8, 4) is 0 Å². The quantitative estimate of drug-likeness (QED) is 0.481. The van der Waals surface area contributed by atoms with Gasteiger partial charge in [-0.1, -0.05) is 0 Å². The maximum atomic E-state index is 12.0. The number of carbonyl (C=O) groups is 2. The monoisotopic (exact) mass is 387 g/mol. The van der Waals surface area contributed by atoms with Gasteiger partial charge in [0, 0.05) is 0 Å². The van der Waals surface area contributed by atoms with Crippen LogP contribution < -0.4 is 4.90 Å². The third-order valence-electron chi connectivity index (χ3n) is 3.11. The van der Waals surface area contributed by atoms with Crippen LogP contribution in [0.5, 0.6) is 0 Å². The molecule has 6 heteroatoms. The molecule has 1 atom stereocenters. The summed E-state index contributed by atoms with van der Waals surface area (Å²) >= 11 is -0.0569. The van der Waals surface area contributed by atoms with Crippen molar-refractivity contribution in [2.75, 3.05) is 32.2 Å². The van der Waals surface area contributed by atoms with Gasteiger partial charge in [0.1, 0.15) is 0 Å². The van der Waals surface area contributed by atoms with Crippen LogP contribution in [0.2, 0.25) is 4.82 Å². The van der Waals surface area contributed by atoms with Crippen LogP contribution in [-0.2, 0) is 24.4 Å². The zero-order chi connectivity index (χ0) is 17.2. The Morgan fingerprint density at radius 3 is 2.22 bits per heavy atom. The van der Waals surface area contributed by atoms with E-state index in [0.29, 0.717) is 13.2 Å². The zero-order valence-electron chi connectivity index (χ0n) is 14.2. The van der Waals surface area contributed by atoms with E-state index in [4.69, 9.17) is 9.47 Å². The molecule has 5 nitrogen and oxygen atoms in total. The first-order valence-electron chi connectivity index (χ1n) is 7.68. The summed E-state index contributed by atoms with van der Waals surface area (Å²) in [6, 6.07) is 8.22. The average Bonchev–Trinajstić information content (AvgIpc) is 2.52. The molecule has 1 unspecified atom stereocenters. The third kappa shape index (κ3) is 7.06. The van der Waals surface area contributed by atoms with Crippen LogP contribution in [0.4, 0.5) is 5.69 Å². The van der Waals surface area contributed by atoms with Gasteiger partial charge in [0.2, 0.25) is 0 Å².